The molecule has 0 bridgehead atoms. The molecule has 1 aromatic heterocycles. The van der Waals surface area contributed by atoms with Crippen LogP contribution in [0.5, 0.6) is 0 Å². The van der Waals surface area contributed by atoms with E-state index in [-0.39, 0.29) is 17.3 Å². The zero-order valence-electron chi connectivity index (χ0n) is 9.11. The van der Waals surface area contributed by atoms with Crippen LogP contribution in [0.25, 0.3) is 0 Å². The van der Waals surface area contributed by atoms with E-state index >= 15 is 0 Å². The van der Waals surface area contributed by atoms with Crippen LogP contribution in [0.1, 0.15) is 5.56 Å². The van der Waals surface area contributed by atoms with E-state index in [9.17, 15) is 14.0 Å². The summed E-state index contributed by atoms with van der Waals surface area (Å²) in [4.78, 5) is 24.6. The van der Waals surface area contributed by atoms with Gasteiger partial charge in [-0.2, -0.15) is 0 Å². The maximum atomic E-state index is 13.2. The second-order valence-electron chi connectivity index (χ2n) is 3.68. The number of hydrogen-bond acceptors (Lipinski definition) is 3. The molecule has 1 heterocycles. The Morgan fingerprint density at radius 3 is 2.83 bits per heavy atom. The van der Waals surface area contributed by atoms with Gasteiger partial charge in [0.05, 0.1) is 11.6 Å². The lowest BCUT2D eigenvalue weighted by atomic mass is 10.2. The Morgan fingerprint density at radius 1 is 1.39 bits per heavy atom. The van der Waals surface area contributed by atoms with Crippen LogP contribution in [0.4, 0.5) is 10.1 Å². The SMILES string of the molecule is Nc1cn(Cc2cccc(F)c2Cl)c(=O)[nH]c1=O. The van der Waals surface area contributed by atoms with E-state index in [0.29, 0.717) is 5.56 Å². The summed E-state index contributed by atoms with van der Waals surface area (Å²) in [5.41, 5.74) is 4.45. The Hall–Kier alpha value is -2.08. The number of H-pyrrole nitrogens is 1. The van der Waals surface area contributed by atoms with Crippen molar-refractivity contribution in [2.24, 2.45) is 0 Å². The number of nitrogens with one attached hydrogen (secondary N) is 1. The molecular formula is C11H9ClFN3O2. The summed E-state index contributed by atoms with van der Waals surface area (Å²) < 4.78 is 14.4. The third-order valence-corrected chi connectivity index (χ3v) is 2.83. The number of nitrogen functional groups attached to an aromatic ring is 1. The highest BCUT2D eigenvalue weighted by molar-refractivity contribution is 6.31. The first-order valence-electron chi connectivity index (χ1n) is 5.01. The molecule has 0 atom stereocenters. The van der Waals surface area contributed by atoms with Crippen LogP contribution < -0.4 is 17.0 Å². The van der Waals surface area contributed by atoms with Gasteiger partial charge < -0.3 is 5.73 Å². The molecule has 2 rings (SSSR count). The molecule has 3 N–H and O–H groups in total. The molecule has 0 amide bonds. The first kappa shape index (κ1) is 12.4. The molecule has 0 unspecified atom stereocenters. The monoisotopic (exact) mass is 269 g/mol. The van der Waals surface area contributed by atoms with Crippen LogP contribution in [0.15, 0.2) is 34.0 Å². The minimum Gasteiger partial charge on any atom is -0.393 e. The molecule has 0 aliphatic carbocycles. The minimum absolute atomic E-state index is 0.0242. The summed E-state index contributed by atoms with van der Waals surface area (Å²) >= 11 is 5.77. The lowest BCUT2D eigenvalue weighted by Crippen LogP contribution is -2.31. The standard InChI is InChI=1S/C11H9ClFN3O2/c12-9-6(2-1-3-7(9)13)4-16-5-8(14)10(17)15-11(16)18/h1-3,5H,4,14H2,(H,15,17,18). The number of nitrogens with two attached hydrogens (primary N) is 1. The summed E-state index contributed by atoms with van der Waals surface area (Å²) in [7, 11) is 0. The van der Waals surface area contributed by atoms with Gasteiger partial charge in [0.1, 0.15) is 11.5 Å². The lowest BCUT2D eigenvalue weighted by Gasteiger charge is -2.08. The second kappa shape index (κ2) is 4.66. The zero-order valence-corrected chi connectivity index (χ0v) is 9.87. The normalized spacial score (nSPS) is 10.6. The maximum Gasteiger partial charge on any atom is 0.328 e. The van der Waals surface area contributed by atoms with Gasteiger partial charge in [-0.15, -0.1) is 0 Å². The zero-order chi connectivity index (χ0) is 13.3. The van der Waals surface area contributed by atoms with Crippen LogP contribution in [-0.2, 0) is 6.54 Å². The molecule has 2 aromatic rings. The smallest absolute Gasteiger partial charge is 0.328 e. The third-order valence-electron chi connectivity index (χ3n) is 2.41. The topological polar surface area (TPSA) is 80.9 Å². The van der Waals surface area contributed by atoms with E-state index in [1.54, 1.807) is 6.07 Å². The van der Waals surface area contributed by atoms with E-state index < -0.39 is 17.1 Å². The third kappa shape index (κ3) is 2.28. The molecule has 0 aliphatic heterocycles. The fourth-order valence-electron chi connectivity index (χ4n) is 1.50. The molecule has 0 spiro atoms. The van der Waals surface area contributed by atoms with Gasteiger partial charge in [-0.25, -0.2) is 9.18 Å². The van der Waals surface area contributed by atoms with Crippen molar-refractivity contribution in [1.82, 2.24) is 9.55 Å². The van der Waals surface area contributed by atoms with Crippen molar-refractivity contribution in [3.63, 3.8) is 0 Å². The summed E-state index contributed by atoms with van der Waals surface area (Å²) in [6, 6.07) is 4.28. The van der Waals surface area contributed by atoms with Crippen LogP contribution in [-0.4, -0.2) is 9.55 Å². The summed E-state index contributed by atoms with van der Waals surface area (Å²) in [6.45, 7) is 0.0242. The quantitative estimate of drug-likeness (QED) is 0.852. The number of benzene rings is 1. The molecule has 94 valence electrons. The van der Waals surface area contributed by atoms with Crippen molar-refractivity contribution < 1.29 is 4.39 Å². The Kier molecular flexibility index (Phi) is 3.20. The van der Waals surface area contributed by atoms with Crippen molar-refractivity contribution in [2.75, 3.05) is 5.73 Å². The van der Waals surface area contributed by atoms with Crippen molar-refractivity contribution in [3.8, 4) is 0 Å². The molecule has 0 saturated carbocycles. The number of aromatic nitrogens is 2. The molecule has 0 radical (unpaired) electrons. The maximum absolute atomic E-state index is 13.2. The number of rotatable bonds is 2. The van der Waals surface area contributed by atoms with Crippen LogP contribution in [0.3, 0.4) is 0 Å². The van der Waals surface area contributed by atoms with E-state index in [1.807, 2.05) is 0 Å². The Labute approximate surface area is 106 Å². The Bertz CT molecular complexity index is 708. The van der Waals surface area contributed by atoms with Gasteiger partial charge in [-0.1, -0.05) is 23.7 Å². The summed E-state index contributed by atoms with van der Waals surface area (Å²) in [5, 5.41) is -0.0610. The summed E-state index contributed by atoms with van der Waals surface area (Å²) in [6.07, 6.45) is 1.20. The largest absolute Gasteiger partial charge is 0.393 e. The van der Waals surface area contributed by atoms with Gasteiger partial charge in [-0.3, -0.25) is 14.3 Å². The van der Waals surface area contributed by atoms with Crippen LogP contribution in [0.2, 0.25) is 5.02 Å². The highest BCUT2D eigenvalue weighted by Crippen LogP contribution is 2.19. The summed E-state index contributed by atoms with van der Waals surface area (Å²) in [5.74, 6) is -0.570. The van der Waals surface area contributed by atoms with Crippen LogP contribution >= 0.6 is 11.6 Å². The predicted molar refractivity (Wildman–Crippen MR) is 66.2 cm³/mol. The molecule has 5 nitrogen and oxygen atoms in total. The van der Waals surface area contributed by atoms with E-state index in [2.05, 4.69) is 4.98 Å². The number of nitrogens with zero attached hydrogens (tertiary/aromatic N) is 1. The molecule has 0 aliphatic rings. The van der Waals surface area contributed by atoms with Crippen molar-refractivity contribution in [1.29, 1.82) is 0 Å². The Morgan fingerprint density at radius 2 is 2.11 bits per heavy atom. The number of aromatic amines is 1. The highest BCUT2D eigenvalue weighted by Gasteiger charge is 2.08. The highest BCUT2D eigenvalue weighted by atomic mass is 35.5. The van der Waals surface area contributed by atoms with Gasteiger partial charge in [0.15, 0.2) is 0 Å². The molecule has 18 heavy (non-hydrogen) atoms. The van der Waals surface area contributed by atoms with Crippen LogP contribution in [0, 0.1) is 5.82 Å². The average Bonchev–Trinajstić information content (AvgIpc) is 2.32. The van der Waals surface area contributed by atoms with E-state index in [4.69, 9.17) is 17.3 Å². The van der Waals surface area contributed by atoms with Gasteiger partial charge in [0.2, 0.25) is 0 Å². The molecule has 7 heteroatoms. The fourth-order valence-corrected chi connectivity index (χ4v) is 1.68. The molecule has 0 fully saturated rings. The predicted octanol–water partition coefficient (Wildman–Crippen LogP) is 0.960. The van der Waals surface area contributed by atoms with Gasteiger partial charge >= 0.3 is 5.69 Å². The first-order valence-corrected chi connectivity index (χ1v) is 5.39. The first-order chi connectivity index (χ1) is 8.49. The van der Waals surface area contributed by atoms with E-state index in [1.165, 1.54) is 18.3 Å². The molecular weight excluding hydrogens is 261 g/mol. The number of anilines is 1. The van der Waals surface area contributed by atoms with Gasteiger partial charge in [-0.05, 0) is 11.6 Å². The molecule has 1 aromatic carbocycles. The van der Waals surface area contributed by atoms with Gasteiger partial charge in [0, 0.05) is 6.20 Å². The lowest BCUT2D eigenvalue weighted by molar-refractivity contribution is 0.622. The minimum atomic E-state index is -0.651. The van der Waals surface area contributed by atoms with Crippen molar-refractivity contribution in [2.45, 2.75) is 6.54 Å². The fraction of sp³-hybridized carbons (Fsp3) is 0.0909. The Balaban J connectivity index is 2.47. The van der Waals surface area contributed by atoms with E-state index in [0.717, 1.165) is 4.57 Å². The molecule has 0 saturated heterocycles. The number of hydrogen-bond donors (Lipinski definition) is 2. The second-order valence-corrected chi connectivity index (χ2v) is 4.06. The average molecular weight is 270 g/mol. The van der Waals surface area contributed by atoms with Crippen molar-refractivity contribution in [3.05, 3.63) is 61.6 Å². The van der Waals surface area contributed by atoms with Gasteiger partial charge in [0.25, 0.3) is 5.56 Å². The number of halogens is 2. The van der Waals surface area contributed by atoms with Crippen molar-refractivity contribution >= 4 is 17.3 Å².